The summed E-state index contributed by atoms with van der Waals surface area (Å²) in [6.45, 7) is 4.18. The molecule has 0 aliphatic carbocycles. The van der Waals surface area contributed by atoms with Gasteiger partial charge in [-0.05, 0) is 19.4 Å². The topological polar surface area (TPSA) is 60.0 Å². The lowest BCUT2D eigenvalue weighted by molar-refractivity contribution is -0.249. The van der Waals surface area contributed by atoms with Crippen molar-refractivity contribution >= 4 is 0 Å². The molecule has 1 aliphatic rings. The second-order valence-electron chi connectivity index (χ2n) is 5.45. The molecule has 112 valence electrons. The maximum atomic E-state index is 10.3. The van der Waals surface area contributed by atoms with Gasteiger partial charge in [0.25, 0.3) is 0 Å². The predicted octanol–water partition coefficient (Wildman–Crippen LogP) is 1.61. The van der Waals surface area contributed by atoms with Crippen LogP contribution in [0.3, 0.4) is 0 Å². The quantitative estimate of drug-likeness (QED) is 0.803. The van der Waals surface area contributed by atoms with E-state index in [0.29, 0.717) is 13.0 Å². The summed E-state index contributed by atoms with van der Waals surface area (Å²) in [6, 6.07) is 9.88. The van der Waals surface area contributed by atoms with Crippen LogP contribution in [0.2, 0.25) is 0 Å². The zero-order valence-corrected chi connectivity index (χ0v) is 12.2. The first-order valence-electron chi connectivity index (χ1n) is 6.84. The molecule has 20 heavy (non-hydrogen) atoms. The van der Waals surface area contributed by atoms with E-state index in [9.17, 15) is 5.11 Å². The van der Waals surface area contributed by atoms with Crippen LogP contribution in [0, 0.1) is 0 Å². The molecule has 1 aromatic rings. The lowest BCUT2D eigenvalue weighted by Gasteiger charge is -2.44. The van der Waals surface area contributed by atoms with Crippen molar-refractivity contribution in [3.63, 3.8) is 0 Å². The Hall–Kier alpha value is -0.980. The predicted molar refractivity (Wildman–Crippen MR) is 74.7 cm³/mol. The highest BCUT2D eigenvalue weighted by atomic mass is 16.7. The first kappa shape index (κ1) is 15.4. The number of hydrogen-bond acceptors (Lipinski definition) is 5. The Morgan fingerprint density at radius 1 is 1.40 bits per heavy atom. The highest BCUT2D eigenvalue weighted by molar-refractivity contribution is 5.13. The summed E-state index contributed by atoms with van der Waals surface area (Å²) >= 11 is 0. The number of methoxy groups -OCH3 is 1. The van der Waals surface area contributed by atoms with Crippen molar-refractivity contribution < 1.29 is 19.4 Å². The molecule has 0 saturated carbocycles. The number of aliphatic hydroxyl groups excluding tert-OH is 1. The molecular formula is C15H23NO4. The fourth-order valence-corrected chi connectivity index (χ4v) is 2.45. The van der Waals surface area contributed by atoms with Crippen molar-refractivity contribution in [2.45, 2.75) is 50.9 Å². The van der Waals surface area contributed by atoms with Crippen LogP contribution in [-0.2, 0) is 20.9 Å². The van der Waals surface area contributed by atoms with Gasteiger partial charge in [-0.1, -0.05) is 30.3 Å². The highest BCUT2D eigenvalue weighted by Gasteiger charge is 2.45. The minimum absolute atomic E-state index is 0.313. The zero-order valence-electron chi connectivity index (χ0n) is 12.2. The molecular weight excluding hydrogens is 258 g/mol. The fraction of sp³-hybridized carbons (Fsp3) is 0.600. The number of benzene rings is 1. The third kappa shape index (κ3) is 3.56. The van der Waals surface area contributed by atoms with Gasteiger partial charge < -0.3 is 14.6 Å². The van der Waals surface area contributed by atoms with Crippen LogP contribution >= 0.6 is 0 Å². The van der Waals surface area contributed by atoms with E-state index in [1.807, 2.05) is 44.2 Å². The summed E-state index contributed by atoms with van der Waals surface area (Å²) in [4.78, 5) is 5.55. The van der Waals surface area contributed by atoms with Gasteiger partial charge >= 0.3 is 0 Å². The van der Waals surface area contributed by atoms with E-state index in [-0.39, 0.29) is 12.4 Å². The van der Waals surface area contributed by atoms with Gasteiger partial charge in [-0.25, -0.2) is 0 Å². The molecule has 1 fully saturated rings. The van der Waals surface area contributed by atoms with E-state index >= 15 is 0 Å². The first-order valence-corrected chi connectivity index (χ1v) is 6.84. The summed E-state index contributed by atoms with van der Waals surface area (Å²) in [6.07, 6.45) is -0.800. The molecule has 0 amide bonds. The fourth-order valence-electron chi connectivity index (χ4n) is 2.45. The molecule has 5 heteroatoms. The first-order chi connectivity index (χ1) is 9.55. The maximum Gasteiger partial charge on any atom is 0.159 e. The minimum Gasteiger partial charge on any atom is -0.388 e. The van der Waals surface area contributed by atoms with Gasteiger partial charge in [0, 0.05) is 13.5 Å². The number of nitrogens with one attached hydrogen (secondary N) is 1. The number of ether oxygens (including phenoxy) is 2. The summed E-state index contributed by atoms with van der Waals surface area (Å²) in [7, 11) is 1.60. The smallest absolute Gasteiger partial charge is 0.159 e. The second kappa shape index (κ2) is 6.65. The van der Waals surface area contributed by atoms with Crippen molar-refractivity contribution in [1.82, 2.24) is 5.48 Å². The average molecular weight is 281 g/mol. The molecule has 2 rings (SSSR count). The van der Waals surface area contributed by atoms with Gasteiger partial charge in [-0.3, -0.25) is 4.84 Å². The van der Waals surface area contributed by atoms with Gasteiger partial charge in [0.15, 0.2) is 6.29 Å². The number of aliphatic hydroxyl groups is 1. The molecule has 0 aromatic heterocycles. The highest BCUT2D eigenvalue weighted by Crippen LogP contribution is 2.29. The monoisotopic (exact) mass is 281 g/mol. The summed E-state index contributed by atoms with van der Waals surface area (Å²) < 4.78 is 10.8. The van der Waals surface area contributed by atoms with Gasteiger partial charge in [0.1, 0.15) is 6.10 Å². The van der Waals surface area contributed by atoms with Crippen LogP contribution < -0.4 is 5.48 Å². The lowest BCUT2D eigenvalue weighted by Crippen LogP contribution is -2.62. The number of rotatable bonds is 5. The van der Waals surface area contributed by atoms with Crippen LogP contribution in [-0.4, -0.2) is 36.3 Å². The van der Waals surface area contributed by atoms with E-state index in [0.717, 1.165) is 5.56 Å². The molecule has 1 heterocycles. The molecule has 0 spiro atoms. The minimum atomic E-state index is -0.662. The Kier molecular flexibility index (Phi) is 5.12. The Balaban J connectivity index is 1.92. The molecule has 1 aromatic carbocycles. The average Bonchev–Trinajstić information content (AvgIpc) is 2.45. The maximum absolute atomic E-state index is 10.3. The van der Waals surface area contributed by atoms with Crippen LogP contribution in [0.4, 0.5) is 0 Å². The Morgan fingerprint density at radius 2 is 2.10 bits per heavy atom. The molecule has 2 N–H and O–H groups in total. The van der Waals surface area contributed by atoms with Crippen LogP contribution in [0.15, 0.2) is 30.3 Å². The second-order valence-corrected chi connectivity index (χ2v) is 5.45. The Bertz CT molecular complexity index is 414. The lowest BCUT2D eigenvalue weighted by atomic mass is 9.86. The molecule has 0 unspecified atom stereocenters. The molecule has 0 bridgehead atoms. The van der Waals surface area contributed by atoms with Crippen LogP contribution in [0.5, 0.6) is 0 Å². The zero-order chi connectivity index (χ0) is 14.6. The van der Waals surface area contributed by atoms with Gasteiger partial charge in [-0.15, -0.1) is 0 Å². The van der Waals surface area contributed by atoms with Gasteiger partial charge in [0.2, 0.25) is 0 Å². The van der Waals surface area contributed by atoms with Crippen LogP contribution in [0.25, 0.3) is 0 Å². The molecule has 1 saturated heterocycles. The summed E-state index contributed by atoms with van der Waals surface area (Å²) in [5.41, 5.74) is 3.45. The van der Waals surface area contributed by atoms with E-state index in [1.165, 1.54) is 0 Å². The van der Waals surface area contributed by atoms with Crippen molar-refractivity contribution in [2.75, 3.05) is 7.11 Å². The van der Waals surface area contributed by atoms with E-state index < -0.39 is 11.6 Å². The standard InChI is InChI=1S/C15H23NO4/c1-11-14(17)15(2,9-13(18-3)20-11)16-19-10-12-7-5-4-6-8-12/h4-8,11,13-14,16-17H,9-10H2,1-3H3/t11-,13-,14+,15-/m0/s1. The van der Waals surface area contributed by atoms with Crippen molar-refractivity contribution in [2.24, 2.45) is 0 Å². The molecule has 5 nitrogen and oxygen atoms in total. The third-order valence-corrected chi connectivity index (χ3v) is 3.70. The molecule has 0 radical (unpaired) electrons. The Labute approximate surface area is 119 Å². The van der Waals surface area contributed by atoms with Crippen molar-refractivity contribution in [3.05, 3.63) is 35.9 Å². The van der Waals surface area contributed by atoms with E-state index in [1.54, 1.807) is 7.11 Å². The Morgan fingerprint density at radius 3 is 2.75 bits per heavy atom. The van der Waals surface area contributed by atoms with E-state index in [2.05, 4.69) is 5.48 Å². The van der Waals surface area contributed by atoms with Gasteiger partial charge in [0.05, 0.1) is 18.2 Å². The molecule has 1 aliphatic heterocycles. The third-order valence-electron chi connectivity index (χ3n) is 3.70. The summed E-state index contributed by atoms with van der Waals surface area (Å²) in [5, 5.41) is 10.3. The SMILES string of the molecule is CO[C@@H]1C[C@](C)(NOCc2ccccc2)[C@H](O)[C@H](C)O1. The van der Waals surface area contributed by atoms with Gasteiger partial charge in [-0.2, -0.15) is 5.48 Å². The van der Waals surface area contributed by atoms with E-state index in [4.69, 9.17) is 14.3 Å². The number of hydrogen-bond donors (Lipinski definition) is 2. The number of hydroxylamine groups is 1. The molecule has 4 atom stereocenters. The van der Waals surface area contributed by atoms with Crippen molar-refractivity contribution in [1.29, 1.82) is 0 Å². The van der Waals surface area contributed by atoms with Crippen molar-refractivity contribution in [3.8, 4) is 0 Å². The summed E-state index contributed by atoms with van der Waals surface area (Å²) in [5.74, 6) is 0. The normalized spacial score (nSPS) is 34.1. The van der Waals surface area contributed by atoms with Crippen LogP contribution in [0.1, 0.15) is 25.8 Å². The largest absolute Gasteiger partial charge is 0.388 e.